The van der Waals surface area contributed by atoms with E-state index in [1.807, 2.05) is 12.1 Å². The lowest BCUT2D eigenvalue weighted by Gasteiger charge is -2.50. The fourth-order valence-electron chi connectivity index (χ4n) is 5.24. The van der Waals surface area contributed by atoms with E-state index in [1.54, 1.807) is 48.5 Å². The summed E-state index contributed by atoms with van der Waals surface area (Å²) in [6.07, 6.45) is -4.69. The average molecular weight is 559 g/mol. The van der Waals surface area contributed by atoms with E-state index >= 15 is 0 Å². The summed E-state index contributed by atoms with van der Waals surface area (Å²) < 4.78 is 57.9. The number of carbonyl (C=O) groups excluding carboxylic acids is 2. The predicted octanol–water partition coefficient (Wildman–Crippen LogP) is 1.67. The Morgan fingerprint density at radius 3 is 1.23 bits per heavy atom. The van der Waals surface area contributed by atoms with Crippen molar-refractivity contribution in [1.82, 2.24) is 0 Å². The van der Waals surface area contributed by atoms with Gasteiger partial charge in [0.15, 0.2) is 0 Å². The molecule has 0 amide bonds. The molecular weight excluding hydrogens is 528 g/mol. The van der Waals surface area contributed by atoms with Crippen molar-refractivity contribution in [3.63, 3.8) is 0 Å². The van der Waals surface area contributed by atoms with Gasteiger partial charge in [0.25, 0.3) is 0 Å². The van der Waals surface area contributed by atoms with Crippen LogP contribution in [0.1, 0.15) is 20.7 Å². The molecular formula is C28H30O12. The van der Waals surface area contributed by atoms with E-state index in [1.165, 1.54) is 0 Å². The molecule has 4 aliphatic rings. The van der Waals surface area contributed by atoms with Crippen molar-refractivity contribution >= 4 is 11.9 Å². The molecule has 0 bridgehead atoms. The second kappa shape index (κ2) is 12.7. The van der Waals surface area contributed by atoms with E-state index in [-0.39, 0.29) is 40.4 Å². The predicted molar refractivity (Wildman–Crippen MR) is 132 cm³/mol. The molecule has 12 nitrogen and oxygen atoms in total. The van der Waals surface area contributed by atoms with Crippen LogP contribution in [-0.2, 0) is 47.4 Å². The molecule has 4 aliphatic heterocycles. The molecule has 0 aromatic heterocycles. The van der Waals surface area contributed by atoms with E-state index in [9.17, 15) is 9.59 Å². The lowest BCUT2D eigenvalue weighted by molar-refractivity contribution is -0.376. The summed E-state index contributed by atoms with van der Waals surface area (Å²) in [6.45, 7) is -0.229. The first-order valence-electron chi connectivity index (χ1n) is 13.1. The zero-order valence-corrected chi connectivity index (χ0v) is 21.5. The number of fused-ring (bicyclic) bond motifs is 2. The summed E-state index contributed by atoms with van der Waals surface area (Å²) in [5.41, 5.74) is 0.887. The van der Waals surface area contributed by atoms with Crippen LogP contribution >= 0.6 is 0 Å². The fraction of sp³-hybridized carbons (Fsp3) is 0.500. The number of hydrogen-bond acceptors (Lipinski definition) is 12. The van der Waals surface area contributed by atoms with Gasteiger partial charge in [0.05, 0.1) is 11.1 Å². The van der Waals surface area contributed by atoms with Crippen LogP contribution in [-0.4, -0.2) is 101 Å². The van der Waals surface area contributed by atoms with Gasteiger partial charge in [-0.2, -0.15) is 0 Å². The van der Waals surface area contributed by atoms with Crippen molar-refractivity contribution in [2.45, 2.75) is 48.8 Å². The highest BCUT2D eigenvalue weighted by atomic mass is 16.8. The summed E-state index contributed by atoms with van der Waals surface area (Å²) in [7, 11) is 0. The third-order valence-corrected chi connectivity index (χ3v) is 7.26. The quantitative estimate of drug-likeness (QED) is 0.459. The highest BCUT2D eigenvalue weighted by Gasteiger charge is 2.54. The molecule has 2 aromatic carbocycles. The van der Waals surface area contributed by atoms with Crippen molar-refractivity contribution in [3.05, 3.63) is 71.8 Å². The summed E-state index contributed by atoms with van der Waals surface area (Å²) >= 11 is 0. The van der Waals surface area contributed by atoms with E-state index in [4.69, 9.17) is 47.4 Å². The highest BCUT2D eigenvalue weighted by Crippen LogP contribution is 2.35. The number of carbonyl (C=O) groups is 2. The number of rotatable bonds is 7. The van der Waals surface area contributed by atoms with Crippen LogP contribution in [0.4, 0.5) is 0 Å². The zero-order valence-electron chi connectivity index (χ0n) is 21.5. The normalized spacial score (nSPS) is 33.7. The van der Waals surface area contributed by atoms with Gasteiger partial charge in [-0.15, -0.1) is 0 Å². The van der Waals surface area contributed by atoms with Gasteiger partial charge >= 0.3 is 11.9 Å². The van der Waals surface area contributed by atoms with E-state index in [0.29, 0.717) is 11.1 Å². The summed E-state index contributed by atoms with van der Waals surface area (Å²) in [5.74, 6) is -0.915. The maximum atomic E-state index is 12.5. The van der Waals surface area contributed by atoms with E-state index in [2.05, 4.69) is 0 Å². The second-order valence-electron chi connectivity index (χ2n) is 9.60. The van der Waals surface area contributed by atoms with Crippen molar-refractivity contribution < 1.29 is 57.0 Å². The van der Waals surface area contributed by atoms with Gasteiger partial charge in [0.2, 0.25) is 0 Å². The Hall–Kier alpha value is -2.94. The largest absolute Gasteiger partial charge is 0.459 e. The molecule has 4 saturated heterocycles. The molecule has 4 heterocycles. The standard InChI is InChI=1S/C28H30O12/c29-27(17-7-3-1-4-8-17)31-11-19-21-23(37-13-33-19)25(39-15-35-21)26-24-22(36-16-40-26)20(34-14-38-24)12-32-28(30)18-9-5-2-6-10-18/h1-10,19-26H,11-16H2/t19-,20-,21-,22-,23+,24+,25-,26+/m1/s1. The molecule has 0 N–H and O–H groups in total. The highest BCUT2D eigenvalue weighted by molar-refractivity contribution is 5.89. The van der Waals surface area contributed by atoms with Crippen molar-refractivity contribution in [1.29, 1.82) is 0 Å². The SMILES string of the molecule is O=C(OC[C@H]1OCO[C@@H]2[C@@H]([C@@H]3OCO[C@H]4[C@@H]3OCO[C@@H]4COC(=O)c3ccccc3)OCO[C@@H]21)c1ccccc1. The summed E-state index contributed by atoms with van der Waals surface area (Å²) in [6, 6.07) is 17.4. The Bertz CT molecular complexity index is 1040. The Labute approximate surface area is 230 Å². The molecule has 214 valence electrons. The van der Waals surface area contributed by atoms with Crippen molar-refractivity contribution in [2.75, 3.05) is 40.4 Å². The molecule has 0 saturated carbocycles. The van der Waals surface area contributed by atoms with Crippen LogP contribution in [0.2, 0.25) is 0 Å². The molecule has 2 aromatic rings. The van der Waals surface area contributed by atoms with Crippen molar-refractivity contribution in [2.24, 2.45) is 0 Å². The second-order valence-corrected chi connectivity index (χ2v) is 9.60. The maximum Gasteiger partial charge on any atom is 0.338 e. The van der Waals surface area contributed by atoms with Gasteiger partial charge in [-0.25, -0.2) is 9.59 Å². The van der Waals surface area contributed by atoms with Crippen LogP contribution in [0.5, 0.6) is 0 Å². The van der Waals surface area contributed by atoms with Gasteiger partial charge in [-0.3, -0.25) is 0 Å². The van der Waals surface area contributed by atoms with Crippen molar-refractivity contribution in [3.8, 4) is 0 Å². The third kappa shape index (κ3) is 5.90. The minimum Gasteiger partial charge on any atom is -0.459 e. The van der Waals surface area contributed by atoms with Gasteiger partial charge < -0.3 is 47.4 Å². The molecule has 12 heteroatoms. The Kier molecular flexibility index (Phi) is 8.65. The number of ether oxygens (including phenoxy) is 10. The first-order chi connectivity index (χ1) is 19.7. The van der Waals surface area contributed by atoms with Gasteiger partial charge in [-0.05, 0) is 24.3 Å². The Balaban J connectivity index is 1.09. The first kappa shape index (κ1) is 27.2. The lowest BCUT2D eigenvalue weighted by Crippen LogP contribution is -2.67. The monoisotopic (exact) mass is 558 g/mol. The molecule has 0 aliphatic carbocycles. The summed E-state index contributed by atoms with van der Waals surface area (Å²) in [5, 5.41) is 0. The fourth-order valence-corrected chi connectivity index (χ4v) is 5.24. The molecule has 6 rings (SSSR count). The van der Waals surface area contributed by atoms with Crippen LogP contribution in [0.25, 0.3) is 0 Å². The minimum absolute atomic E-state index is 0.0230. The Morgan fingerprint density at radius 1 is 0.500 bits per heavy atom. The van der Waals surface area contributed by atoms with Crippen LogP contribution in [0, 0.1) is 0 Å². The minimum atomic E-state index is -0.600. The number of hydrogen-bond donors (Lipinski definition) is 0. The van der Waals surface area contributed by atoms with Gasteiger partial charge in [0, 0.05) is 0 Å². The average Bonchev–Trinajstić information content (AvgIpc) is 3.02. The molecule has 40 heavy (non-hydrogen) atoms. The van der Waals surface area contributed by atoms with Crippen LogP contribution in [0.15, 0.2) is 60.7 Å². The molecule has 0 radical (unpaired) electrons. The zero-order chi connectivity index (χ0) is 27.3. The number of esters is 2. The van der Waals surface area contributed by atoms with E-state index in [0.717, 1.165) is 0 Å². The van der Waals surface area contributed by atoms with E-state index < -0.39 is 60.8 Å². The van der Waals surface area contributed by atoms with Crippen LogP contribution in [0.3, 0.4) is 0 Å². The molecule has 0 unspecified atom stereocenters. The topological polar surface area (TPSA) is 126 Å². The Morgan fingerprint density at radius 2 is 0.825 bits per heavy atom. The van der Waals surface area contributed by atoms with Crippen LogP contribution < -0.4 is 0 Å². The van der Waals surface area contributed by atoms with Gasteiger partial charge in [0.1, 0.15) is 89.2 Å². The smallest absolute Gasteiger partial charge is 0.338 e. The molecule has 0 spiro atoms. The maximum absolute atomic E-state index is 12.5. The first-order valence-corrected chi connectivity index (χ1v) is 13.1. The van der Waals surface area contributed by atoms with Gasteiger partial charge in [-0.1, -0.05) is 36.4 Å². The third-order valence-electron chi connectivity index (χ3n) is 7.26. The molecule has 4 fully saturated rings. The molecule has 8 atom stereocenters. The summed E-state index contributed by atoms with van der Waals surface area (Å²) in [4.78, 5) is 24.9. The lowest BCUT2D eigenvalue weighted by atomic mass is 9.90. The number of benzene rings is 2.